The molecule has 5 heterocycles. The molecule has 0 amide bonds. The van der Waals surface area contributed by atoms with E-state index in [0.717, 1.165) is 82.4 Å². The molecule has 1 N–H and O–H groups in total. The van der Waals surface area contributed by atoms with Gasteiger partial charge in [0.2, 0.25) is 0 Å². The van der Waals surface area contributed by atoms with Crippen LogP contribution in [0, 0.1) is 19.0 Å². The van der Waals surface area contributed by atoms with Crippen LogP contribution < -0.4 is 5.19 Å². The summed E-state index contributed by atoms with van der Waals surface area (Å²) in [5, 5.41) is 22.3. The van der Waals surface area contributed by atoms with Crippen molar-refractivity contribution in [2.45, 2.75) is 65.9 Å². The number of hydrogen-bond acceptors (Lipinski definition) is 6. The second kappa shape index (κ2) is 27.4. The number of fused-ring (bicyclic) bond motifs is 12. The van der Waals surface area contributed by atoms with Crippen molar-refractivity contribution in [2.24, 2.45) is 0 Å². The van der Waals surface area contributed by atoms with E-state index in [1.54, 1.807) is 61.8 Å². The van der Waals surface area contributed by atoms with Crippen LogP contribution in [0.1, 0.15) is 71.0 Å². The van der Waals surface area contributed by atoms with Gasteiger partial charge >= 0.3 is 0 Å². The largest absolute Gasteiger partial charge is 0.501 e. The van der Waals surface area contributed by atoms with Crippen molar-refractivity contribution in [3.63, 3.8) is 0 Å². The third-order valence-corrected chi connectivity index (χ3v) is 18.2. The van der Waals surface area contributed by atoms with Crippen LogP contribution in [0.3, 0.4) is 0 Å². The van der Waals surface area contributed by atoms with Crippen molar-refractivity contribution in [3.05, 3.63) is 301 Å². The molecule has 0 bridgehead atoms. The van der Waals surface area contributed by atoms with Gasteiger partial charge in [-0.15, -0.1) is 53.6 Å². The number of rotatable bonds is 9. The predicted octanol–water partition coefficient (Wildman–Crippen LogP) is 21.4. The number of aromatic nitrogens is 3. The zero-order chi connectivity index (χ0) is 69.6. The summed E-state index contributed by atoms with van der Waals surface area (Å²) < 4.78 is 78.8. The maximum absolute atomic E-state index is 8.78. The number of furan rings is 2. The van der Waals surface area contributed by atoms with E-state index in [0.29, 0.717) is 39.2 Å². The zero-order valence-electron chi connectivity index (χ0n) is 59.9. The molecule has 0 aliphatic rings. The Morgan fingerprint density at radius 3 is 1.60 bits per heavy atom. The van der Waals surface area contributed by atoms with Crippen LogP contribution in [0.2, 0.25) is 19.6 Å². The topological polar surface area (TPSA) is 85.2 Å². The molecule has 6 nitrogen and oxygen atoms in total. The first-order valence-electron chi connectivity index (χ1n) is 34.5. The number of nitrogens with zero attached hydrogens (tertiary/aromatic N) is 3. The van der Waals surface area contributed by atoms with Crippen LogP contribution in [-0.4, -0.2) is 34.7 Å². The Morgan fingerprint density at radius 1 is 0.500 bits per heavy atom. The van der Waals surface area contributed by atoms with Crippen LogP contribution in [0.5, 0.6) is 0 Å². The molecule has 455 valence electrons. The Balaban J connectivity index is 0.000000142. The van der Waals surface area contributed by atoms with Gasteiger partial charge in [-0.3, -0.25) is 4.98 Å². The third kappa shape index (κ3) is 13.3. The molecular weight excluding hydrogens is 1320 g/mol. The minimum atomic E-state index is -2.13. The zero-order valence-corrected chi connectivity index (χ0v) is 55.3. The summed E-state index contributed by atoms with van der Waals surface area (Å²) in [4.78, 5) is 13.7. The molecule has 1 radical (unpaired) electrons. The molecule has 0 aliphatic heterocycles. The quantitative estimate of drug-likeness (QED) is 0.0880. The molecule has 11 aromatic carbocycles. The average molecular weight is 1400 g/mol. The van der Waals surface area contributed by atoms with Crippen LogP contribution in [0.4, 0.5) is 0 Å². The Kier molecular flexibility index (Phi) is 15.8. The normalized spacial score (nSPS) is 13.2. The molecule has 0 saturated carbocycles. The van der Waals surface area contributed by atoms with E-state index in [1.165, 1.54) is 38.2 Å². The number of benzene rings is 11. The molecular formula is C84H71IrN3O3Si-2. The fourth-order valence-corrected chi connectivity index (χ4v) is 13.4. The molecule has 0 atom stereocenters. The van der Waals surface area contributed by atoms with Gasteiger partial charge in [-0.2, -0.15) is 0 Å². The number of pyridine rings is 3. The van der Waals surface area contributed by atoms with E-state index in [1.807, 2.05) is 105 Å². The summed E-state index contributed by atoms with van der Waals surface area (Å²) >= 11 is 0. The van der Waals surface area contributed by atoms with Crippen molar-refractivity contribution < 1.29 is 45.0 Å². The van der Waals surface area contributed by atoms with Gasteiger partial charge in [-0.05, 0) is 156 Å². The summed E-state index contributed by atoms with van der Waals surface area (Å²) in [5.74, 6) is -0.716. The van der Waals surface area contributed by atoms with Gasteiger partial charge in [-0.1, -0.05) is 215 Å². The third-order valence-electron chi connectivity index (χ3n) is 16.2. The predicted molar refractivity (Wildman–Crippen MR) is 384 cm³/mol. The maximum atomic E-state index is 8.78. The maximum Gasteiger partial charge on any atom is 0.144 e. The number of aliphatic hydroxyl groups excluding tert-OH is 1. The molecule has 0 saturated heterocycles. The van der Waals surface area contributed by atoms with E-state index in [4.69, 9.17) is 24.9 Å². The first kappa shape index (κ1) is 53.0. The molecule has 16 rings (SSSR count). The van der Waals surface area contributed by atoms with Crippen LogP contribution >= 0.6 is 0 Å². The average Bonchev–Trinajstić information content (AvgIpc) is 1.56. The SMILES string of the molecule is CCO.[2H]C([2H])([2H])c1c[c-]c(-c2cc(C([2H])(C)C)c([Si](C)(C)C)cn2)cc1.[2H]C([2H])(c1ccccc1)c1ccnc(-c2[c-]ccc3c2oc2cc4c(ccc5ccccc54)cc23)c1.[2H]C([2H])(c1ccccc1)c1ccnc(-c2cccc3c2oc2cc4c(ccc5ccccc54)cc23)c1.[Ir]. The Morgan fingerprint density at radius 2 is 1.03 bits per heavy atom. The van der Waals surface area contributed by atoms with Crippen molar-refractivity contribution in [3.8, 4) is 33.8 Å². The van der Waals surface area contributed by atoms with E-state index in [2.05, 4.69) is 150 Å². The van der Waals surface area contributed by atoms with Gasteiger partial charge < -0.3 is 23.9 Å². The van der Waals surface area contributed by atoms with Gasteiger partial charge in [-0.25, -0.2) is 0 Å². The second-order valence-corrected chi connectivity index (χ2v) is 28.7. The first-order valence-corrected chi connectivity index (χ1v) is 34.0. The van der Waals surface area contributed by atoms with E-state index >= 15 is 0 Å². The Labute approximate surface area is 563 Å². The monoisotopic (exact) mass is 1400 g/mol. The van der Waals surface area contributed by atoms with E-state index in [9.17, 15) is 0 Å². The molecule has 0 unspecified atom stereocenters. The number of para-hydroxylation sites is 1. The standard InChI is InChI=1S/C32H21NO.C32H20NO.C18H24NSi.C2H6O.Ir/c2*1-2-7-21(8-3-1)17-22-15-16-33-30(18-22)27-12-6-11-26-29-19-24-14-13-23-9-4-5-10-25(23)28(24)20-31(29)34-32(26)27;1-13(2)16-11-17(15-9-7-14(3)8-10-15)19-12-18(16)20(4,5)6;1-2-3;/h1-16,18-20H,17H2;1-11,13-16,18-20H,17H2;7-9,11-13H,1-6H3;3H,2H2,1H3;/q;2*-1;;/i2*17D2;3D3,13D;;. The summed E-state index contributed by atoms with van der Waals surface area (Å²) in [6.07, 6.45) is 1.92. The summed E-state index contributed by atoms with van der Waals surface area (Å²) in [6.45, 7) is 10.3. The Bertz CT molecular complexity index is 5370. The fraction of sp³-hybridized carbons (Fsp3) is 0.131. The van der Waals surface area contributed by atoms with Gasteiger partial charge in [0, 0.05) is 78.0 Å². The van der Waals surface area contributed by atoms with Gasteiger partial charge in [0.15, 0.2) is 0 Å². The number of aliphatic hydroxyl groups is 1. The van der Waals surface area contributed by atoms with Gasteiger partial charge in [0.25, 0.3) is 0 Å². The van der Waals surface area contributed by atoms with Crippen LogP contribution in [-0.2, 0) is 32.9 Å². The summed E-state index contributed by atoms with van der Waals surface area (Å²) in [6, 6.07) is 82.7. The van der Waals surface area contributed by atoms with Crippen LogP contribution in [0.15, 0.2) is 264 Å². The molecule has 92 heavy (non-hydrogen) atoms. The van der Waals surface area contributed by atoms with Crippen molar-refractivity contribution >= 4 is 100 Å². The van der Waals surface area contributed by atoms with Crippen molar-refractivity contribution in [2.75, 3.05) is 6.61 Å². The molecule has 0 spiro atoms. The fourth-order valence-electron chi connectivity index (χ4n) is 11.8. The molecule has 8 heteroatoms. The smallest absolute Gasteiger partial charge is 0.144 e. The Hall–Kier alpha value is -9.66. The minimum absolute atomic E-state index is 0. The molecule has 16 aromatic rings. The first-order chi connectivity index (χ1) is 47.4. The molecule has 0 aliphatic carbocycles. The minimum Gasteiger partial charge on any atom is -0.501 e. The van der Waals surface area contributed by atoms with Crippen molar-refractivity contribution in [1.29, 1.82) is 0 Å². The van der Waals surface area contributed by atoms with Gasteiger partial charge in [0.05, 0.1) is 19.4 Å². The summed E-state index contributed by atoms with van der Waals surface area (Å²) in [5.41, 5.74) is 11.0. The van der Waals surface area contributed by atoms with Gasteiger partial charge in [0.1, 0.15) is 16.7 Å². The second-order valence-electron chi connectivity index (χ2n) is 23.7. The molecule has 5 aromatic heterocycles. The van der Waals surface area contributed by atoms with E-state index < -0.39 is 33.6 Å². The number of hydrogen-bond donors (Lipinski definition) is 1. The summed E-state index contributed by atoms with van der Waals surface area (Å²) in [7, 11) is -1.61. The van der Waals surface area contributed by atoms with E-state index in [-0.39, 0.29) is 32.3 Å². The van der Waals surface area contributed by atoms with Crippen LogP contribution in [0.25, 0.3) is 121 Å². The van der Waals surface area contributed by atoms with Crippen molar-refractivity contribution in [1.82, 2.24) is 15.0 Å². The molecule has 0 fully saturated rings. The number of aryl methyl sites for hydroxylation is 1.